The molecule has 0 radical (unpaired) electrons. The zero-order chi connectivity index (χ0) is 21.8. The molecule has 158 valence electrons. The molecule has 0 saturated carbocycles. The fourth-order valence-electron chi connectivity index (χ4n) is 4.11. The maximum Gasteiger partial charge on any atom is 0.322 e. The monoisotopic (exact) mass is 420 g/mol. The van der Waals surface area contributed by atoms with Crippen molar-refractivity contribution in [3.63, 3.8) is 0 Å². The van der Waals surface area contributed by atoms with Gasteiger partial charge < -0.3 is 19.4 Å². The lowest BCUT2D eigenvalue weighted by Gasteiger charge is -2.29. The van der Waals surface area contributed by atoms with Gasteiger partial charge in [-0.3, -0.25) is 19.9 Å². The second-order valence-electron chi connectivity index (χ2n) is 7.68. The number of aryl methyl sites for hydroxylation is 1. The van der Waals surface area contributed by atoms with Crippen molar-refractivity contribution in [3.05, 3.63) is 59.1 Å². The van der Waals surface area contributed by atoms with Crippen LogP contribution in [0.1, 0.15) is 34.3 Å². The molecule has 1 aromatic carbocycles. The van der Waals surface area contributed by atoms with Crippen molar-refractivity contribution in [1.82, 2.24) is 20.5 Å². The largest absolute Gasteiger partial charge is 0.497 e. The zero-order valence-electron chi connectivity index (χ0n) is 17.0. The molecule has 2 N–H and O–H groups in total. The first-order chi connectivity index (χ1) is 14.9. The van der Waals surface area contributed by atoms with Gasteiger partial charge in [0.2, 0.25) is 0 Å². The molecule has 4 heterocycles. The Morgan fingerprint density at radius 2 is 2.06 bits per heavy atom. The summed E-state index contributed by atoms with van der Waals surface area (Å²) in [5, 5.41) is 5.68. The predicted molar refractivity (Wildman–Crippen MR) is 109 cm³/mol. The first kappa shape index (κ1) is 19.1. The SMILES string of the molecule is CCc1cc2oc([C@]3(CN4Cc5ccc(OC)cc5C4=O)NC(=O)NC3=O)cc2cn1. The number of carbonyl (C=O) groups excluding carboxylic acids is 3. The fraction of sp³-hybridized carbons (Fsp3) is 0.273. The Bertz CT molecular complexity index is 1250. The van der Waals surface area contributed by atoms with Crippen molar-refractivity contribution in [2.45, 2.75) is 25.4 Å². The lowest BCUT2D eigenvalue weighted by atomic mass is 9.95. The summed E-state index contributed by atoms with van der Waals surface area (Å²) >= 11 is 0. The Labute approximate surface area is 177 Å². The molecule has 0 bridgehead atoms. The van der Waals surface area contributed by atoms with E-state index in [2.05, 4.69) is 15.6 Å². The number of urea groups is 1. The third-order valence-corrected chi connectivity index (χ3v) is 5.81. The van der Waals surface area contributed by atoms with Crippen LogP contribution in [0.25, 0.3) is 11.0 Å². The fourth-order valence-corrected chi connectivity index (χ4v) is 4.11. The molecule has 31 heavy (non-hydrogen) atoms. The summed E-state index contributed by atoms with van der Waals surface area (Å²) in [6.07, 6.45) is 2.41. The number of methoxy groups -OCH3 is 1. The van der Waals surface area contributed by atoms with Crippen LogP contribution in [0.4, 0.5) is 4.79 Å². The number of pyridine rings is 1. The van der Waals surface area contributed by atoms with E-state index in [0.29, 0.717) is 28.8 Å². The van der Waals surface area contributed by atoms with Crippen LogP contribution in [0, 0.1) is 0 Å². The van der Waals surface area contributed by atoms with E-state index in [9.17, 15) is 14.4 Å². The topological polar surface area (TPSA) is 114 Å². The number of nitrogens with zero attached hydrogens (tertiary/aromatic N) is 2. The molecule has 2 aliphatic heterocycles. The van der Waals surface area contributed by atoms with Gasteiger partial charge >= 0.3 is 6.03 Å². The molecule has 0 spiro atoms. The molecule has 1 atom stereocenters. The van der Waals surface area contributed by atoms with Crippen LogP contribution >= 0.6 is 0 Å². The van der Waals surface area contributed by atoms with Gasteiger partial charge in [-0.2, -0.15) is 0 Å². The number of benzene rings is 1. The number of aromatic nitrogens is 1. The second kappa shape index (κ2) is 6.83. The molecule has 5 rings (SSSR count). The lowest BCUT2D eigenvalue weighted by Crippen LogP contribution is -2.52. The van der Waals surface area contributed by atoms with Gasteiger partial charge in [-0.25, -0.2) is 4.79 Å². The van der Waals surface area contributed by atoms with Gasteiger partial charge in [-0.1, -0.05) is 13.0 Å². The van der Waals surface area contributed by atoms with E-state index in [1.807, 2.05) is 19.1 Å². The highest BCUT2D eigenvalue weighted by molar-refractivity contribution is 6.08. The summed E-state index contributed by atoms with van der Waals surface area (Å²) in [6, 6.07) is 8.15. The number of imide groups is 1. The maximum atomic E-state index is 13.1. The van der Waals surface area contributed by atoms with Crippen LogP contribution in [-0.4, -0.2) is 41.4 Å². The molecule has 1 saturated heterocycles. The third kappa shape index (κ3) is 2.92. The van der Waals surface area contributed by atoms with Crippen molar-refractivity contribution >= 4 is 28.8 Å². The molecule has 2 aromatic heterocycles. The van der Waals surface area contributed by atoms with E-state index < -0.39 is 17.5 Å². The Morgan fingerprint density at radius 3 is 2.77 bits per heavy atom. The van der Waals surface area contributed by atoms with E-state index in [1.165, 1.54) is 12.0 Å². The average molecular weight is 420 g/mol. The van der Waals surface area contributed by atoms with Gasteiger partial charge in [0, 0.05) is 35.5 Å². The van der Waals surface area contributed by atoms with Gasteiger partial charge in [-0.05, 0) is 30.2 Å². The number of furan rings is 1. The summed E-state index contributed by atoms with van der Waals surface area (Å²) in [5.74, 6) is 0.0177. The van der Waals surface area contributed by atoms with Crippen molar-refractivity contribution in [1.29, 1.82) is 0 Å². The summed E-state index contributed by atoms with van der Waals surface area (Å²) < 4.78 is 11.2. The predicted octanol–water partition coefficient (Wildman–Crippen LogP) is 2.09. The Hall–Kier alpha value is -3.88. The van der Waals surface area contributed by atoms with Crippen molar-refractivity contribution in [2.75, 3.05) is 13.7 Å². The van der Waals surface area contributed by atoms with Crippen LogP contribution in [-0.2, 0) is 23.3 Å². The number of hydrogen-bond acceptors (Lipinski definition) is 6. The highest BCUT2D eigenvalue weighted by Crippen LogP contribution is 2.35. The number of fused-ring (bicyclic) bond motifs is 2. The first-order valence-corrected chi connectivity index (χ1v) is 9.92. The highest BCUT2D eigenvalue weighted by Gasteiger charge is 2.53. The van der Waals surface area contributed by atoms with Crippen LogP contribution in [0.3, 0.4) is 0 Å². The van der Waals surface area contributed by atoms with E-state index in [0.717, 1.165) is 17.7 Å². The van der Waals surface area contributed by atoms with E-state index in [-0.39, 0.29) is 18.2 Å². The molecule has 9 nitrogen and oxygen atoms in total. The first-order valence-electron chi connectivity index (χ1n) is 9.92. The minimum Gasteiger partial charge on any atom is -0.497 e. The number of rotatable bonds is 5. The average Bonchev–Trinajstić information content (AvgIpc) is 3.41. The second-order valence-corrected chi connectivity index (χ2v) is 7.68. The van der Waals surface area contributed by atoms with Gasteiger partial charge in [0.05, 0.1) is 13.7 Å². The number of ether oxygens (including phenoxy) is 1. The summed E-state index contributed by atoms with van der Waals surface area (Å²) in [5.41, 5.74) is 1.22. The van der Waals surface area contributed by atoms with Crippen LogP contribution in [0.15, 0.2) is 40.9 Å². The normalized spacial score (nSPS) is 20.2. The van der Waals surface area contributed by atoms with E-state index >= 15 is 0 Å². The molecule has 3 aromatic rings. The zero-order valence-corrected chi connectivity index (χ0v) is 17.0. The molecule has 1 fully saturated rings. The van der Waals surface area contributed by atoms with Crippen molar-refractivity contribution in [2.24, 2.45) is 0 Å². The third-order valence-electron chi connectivity index (χ3n) is 5.81. The van der Waals surface area contributed by atoms with Gasteiger partial charge in [0.15, 0.2) is 5.54 Å². The molecule has 2 aliphatic rings. The Kier molecular flexibility index (Phi) is 4.21. The van der Waals surface area contributed by atoms with Gasteiger partial charge in [-0.15, -0.1) is 0 Å². The number of nitrogens with one attached hydrogen (secondary N) is 2. The molecular weight excluding hydrogens is 400 g/mol. The maximum absolute atomic E-state index is 13.1. The molecule has 9 heteroatoms. The van der Waals surface area contributed by atoms with Crippen LogP contribution in [0.2, 0.25) is 0 Å². The number of carbonyl (C=O) groups is 3. The van der Waals surface area contributed by atoms with E-state index in [4.69, 9.17) is 9.15 Å². The van der Waals surface area contributed by atoms with Crippen LogP contribution in [0.5, 0.6) is 5.75 Å². The Balaban J connectivity index is 1.54. The van der Waals surface area contributed by atoms with Gasteiger partial charge in [0.1, 0.15) is 17.1 Å². The summed E-state index contributed by atoms with van der Waals surface area (Å²) in [6.45, 7) is 2.22. The highest BCUT2D eigenvalue weighted by atomic mass is 16.5. The summed E-state index contributed by atoms with van der Waals surface area (Å²) in [7, 11) is 1.53. The number of hydrogen-bond donors (Lipinski definition) is 2. The standard InChI is InChI=1S/C22H20N4O5/c1-3-14-7-17-13(9-23-14)6-18(31-17)22(20(28)24-21(29)25-22)11-26-10-12-4-5-15(30-2)8-16(12)19(26)27/h4-9H,3,10-11H2,1-2H3,(H2,24,25,28,29)/t22-/m0/s1. The van der Waals surface area contributed by atoms with Crippen LogP contribution < -0.4 is 15.4 Å². The molecule has 4 amide bonds. The van der Waals surface area contributed by atoms with Crippen molar-refractivity contribution in [3.8, 4) is 5.75 Å². The van der Waals surface area contributed by atoms with Crippen molar-refractivity contribution < 1.29 is 23.5 Å². The lowest BCUT2D eigenvalue weighted by molar-refractivity contribution is -0.125. The molecular formula is C22H20N4O5. The smallest absolute Gasteiger partial charge is 0.322 e. The minimum atomic E-state index is -1.54. The Morgan fingerprint density at radius 1 is 1.23 bits per heavy atom. The molecule has 0 aliphatic carbocycles. The molecule has 0 unspecified atom stereocenters. The summed E-state index contributed by atoms with van der Waals surface area (Å²) in [4.78, 5) is 44.0. The van der Waals surface area contributed by atoms with E-state index in [1.54, 1.807) is 24.4 Å². The minimum absolute atomic E-state index is 0.0751. The quantitative estimate of drug-likeness (QED) is 0.611. The van der Waals surface area contributed by atoms with Gasteiger partial charge in [0.25, 0.3) is 11.8 Å². The number of amides is 4.